The van der Waals surface area contributed by atoms with Crippen molar-refractivity contribution in [2.24, 2.45) is 11.8 Å². The van der Waals surface area contributed by atoms with Crippen LogP contribution in [0.15, 0.2) is 6.33 Å². The summed E-state index contributed by atoms with van der Waals surface area (Å²) in [6, 6.07) is 0.812. The molecule has 2 fully saturated rings. The average molecular weight is 276 g/mol. The molecule has 0 bridgehead atoms. The van der Waals surface area contributed by atoms with Crippen LogP contribution < -0.4 is 5.32 Å². The van der Waals surface area contributed by atoms with Gasteiger partial charge in [-0.15, -0.1) is 0 Å². The van der Waals surface area contributed by atoms with Gasteiger partial charge in [-0.3, -0.25) is 4.68 Å². The Kier molecular flexibility index (Phi) is 4.71. The maximum absolute atomic E-state index is 4.51. The smallest absolute Gasteiger partial charge is 0.138 e. The van der Waals surface area contributed by atoms with Gasteiger partial charge in [0, 0.05) is 19.0 Å². The van der Waals surface area contributed by atoms with E-state index in [1.165, 1.54) is 50.9 Å². The van der Waals surface area contributed by atoms with Gasteiger partial charge < -0.3 is 5.32 Å². The Hall–Kier alpha value is -0.900. The molecule has 0 radical (unpaired) electrons. The van der Waals surface area contributed by atoms with Crippen LogP contribution in [0.1, 0.15) is 57.7 Å². The summed E-state index contributed by atoms with van der Waals surface area (Å²) in [5, 5.41) is 8.12. The summed E-state index contributed by atoms with van der Waals surface area (Å²) in [5.74, 6) is 2.84. The highest BCUT2D eigenvalue weighted by atomic mass is 15.3. The lowest BCUT2D eigenvalue weighted by Gasteiger charge is -2.23. The zero-order valence-corrected chi connectivity index (χ0v) is 12.7. The predicted octanol–water partition coefficient (Wildman–Crippen LogP) is 2.79. The highest BCUT2D eigenvalue weighted by Crippen LogP contribution is 2.33. The number of hydrogen-bond acceptors (Lipinski definition) is 3. The number of nitrogens with zero attached hydrogens (tertiary/aromatic N) is 3. The van der Waals surface area contributed by atoms with Gasteiger partial charge in [-0.05, 0) is 37.6 Å². The van der Waals surface area contributed by atoms with Crippen molar-refractivity contribution in [3.05, 3.63) is 12.2 Å². The molecule has 1 atom stereocenters. The molecule has 0 aliphatic heterocycles. The first kappa shape index (κ1) is 14.1. The van der Waals surface area contributed by atoms with Gasteiger partial charge in [0.2, 0.25) is 0 Å². The van der Waals surface area contributed by atoms with Gasteiger partial charge in [0.1, 0.15) is 12.2 Å². The van der Waals surface area contributed by atoms with Gasteiger partial charge in [-0.1, -0.05) is 32.6 Å². The van der Waals surface area contributed by atoms with Crippen LogP contribution in [-0.2, 0) is 13.0 Å². The number of rotatable bonds is 8. The topological polar surface area (TPSA) is 42.7 Å². The second-order valence-electron chi connectivity index (χ2n) is 6.59. The number of aromatic nitrogens is 3. The van der Waals surface area contributed by atoms with Crippen LogP contribution in [0, 0.1) is 11.8 Å². The van der Waals surface area contributed by atoms with Gasteiger partial charge in [-0.2, -0.15) is 5.10 Å². The monoisotopic (exact) mass is 276 g/mol. The fourth-order valence-corrected chi connectivity index (χ4v) is 3.52. The summed E-state index contributed by atoms with van der Waals surface area (Å²) in [4.78, 5) is 4.51. The fraction of sp³-hybridized carbons (Fsp3) is 0.875. The molecule has 0 aromatic carbocycles. The van der Waals surface area contributed by atoms with Crippen molar-refractivity contribution in [2.75, 3.05) is 6.54 Å². The standard InChI is InChI=1S/C16H28N4/c1-2-9-20-16(18-12-19-20)10-14(11-17-15-7-8-15)13-5-3-4-6-13/h12-15,17H,2-11H2,1H3. The first-order valence-electron chi connectivity index (χ1n) is 8.47. The first-order valence-corrected chi connectivity index (χ1v) is 8.47. The van der Waals surface area contributed by atoms with Crippen molar-refractivity contribution in [2.45, 2.75) is 70.9 Å². The van der Waals surface area contributed by atoms with Crippen molar-refractivity contribution >= 4 is 0 Å². The lowest BCUT2D eigenvalue weighted by atomic mass is 9.87. The summed E-state index contributed by atoms with van der Waals surface area (Å²) in [7, 11) is 0. The molecule has 1 N–H and O–H groups in total. The van der Waals surface area contributed by atoms with Crippen LogP contribution in [0.3, 0.4) is 0 Å². The van der Waals surface area contributed by atoms with Gasteiger partial charge in [0.25, 0.3) is 0 Å². The second-order valence-corrected chi connectivity index (χ2v) is 6.59. The van der Waals surface area contributed by atoms with Crippen LogP contribution in [-0.4, -0.2) is 27.4 Å². The maximum atomic E-state index is 4.51. The molecule has 4 nitrogen and oxygen atoms in total. The molecule has 1 heterocycles. The second kappa shape index (κ2) is 6.70. The zero-order chi connectivity index (χ0) is 13.8. The molecule has 0 saturated heterocycles. The summed E-state index contributed by atoms with van der Waals surface area (Å²) in [5.41, 5.74) is 0. The minimum Gasteiger partial charge on any atom is -0.314 e. The van der Waals surface area contributed by atoms with Crippen molar-refractivity contribution in [3.63, 3.8) is 0 Å². The van der Waals surface area contributed by atoms with E-state index in [0.29, 0.717) is 0 Å². The zero-order valence-electron chi connectivity index (χ0n) is 12.7. The molecule has 1 aromatic heterocycles. The van der Waals surface area contributed by atoms with Crippen molar-refractivity contribution < 1.29 is 0 Å². The minimum atomic E-state index is 0.748. The molecule has 112 valence electrons. The Balaban J connectivity index is 1.62. The molecule has 0 amide bonds. The van der Waals surface area contributed by atoms with Crippen LogP contribution in [0.2, 0.25) is 0 Å². The molecule has 3 rings (SSSR count). The molecule has 4 heteroatoms. The van der Waals surface area contributed by atoms with E-state index in [0.717, 1.165) is 37.3 Å². The van der Waals surface area contributed by atoms with Crippen LogP contribution >= 0.6 is 0 Å². The van der Waals surface area contributed by atoms with E-state index in [2.05, 4.69) is 27.0 Å². The van der Waals surface area contributed by atoms with E-state index in [4.69, 9.17) is 0 Å². The van der Waals surface area contributed by atoms with E-state index in [1.54, 1.807) is 6.33 Å². The van der Waals surface area contributed by atoms with Crippen LogP contribution in [0.4, 0.5) is 0 Å². The highest BCUT2D eigenvalue weighted by molar-refractivity contribution is 4.92. The Morgan fingerprint density at radius 2 is 2.10 bits per heavy atom. The molecule has 1 unspecified atom stereocenters. The Bertz CT molecular complexity index is 404. The van der Waals surface area contributed by atoms with Crippen LogP contribution in [0.5, 0.6) is 0 Å². The van der Waals surface area contributed by atoms with E-state index < -0.39 is 0 Å². The molecule has 0 spiro atoms. The fourth-order valence-electron chi connectivity index (χ4n) is 3.52. The van der Waals surface area contributed by atoms with Crippen molar-refractivity contribution in [3.8, 4) is 0 Å². The molecular weight excluding hydrogens is 248 g/mol. The SMILES string of the molecule is CCCn1ncnc1CC(CNC1CC1)C1CCCC1. The molecule has 1 aromatic rings. The number of aryl methyl sites for hydroxylation is 1. The highest BCUT2D eigenvalue weighted by Gasteiger charge is 2.29. The van der Waals surface area contributed by atoms with Gasteiger partial charge >= 0.3 is 0 Å². The molecule has 2 aliphatic carbocycles. The number of hydrogen-bond donors (Lipinski definition) is 1. The van der Waals surface area contributed by atoms with E-state index in [1.807, 2.05) is 0 Å². The van der Waals surface area contributed by atoms with Gasteiger partial charge in [0.05, 0.1) is 0 Å². The summed E-state index contributed by atoms with van der Waals surface area (Å²) in [6.45, 7) is 4.38. The van der Waals surface area contributed by atoms with E-state index in [-0.39, 0.29) is 0 Å². The largest absolute Gasteiger partial charge is 0.314 e. The summed E-state index contributed by atoms with van der Waals surface area (Å²) in [6.07, 6.45) is 12.4. The number of nitrogens with one attached hydrogen (secondary N) is 1. The van der Waals surface area contributed by atoms with Crippen molar-refractivity contribution in [1.29, 1.82) is 0 Å². The summed E-state index contributed by atoms with van der Waals surface area (Å²) < 4.78 is 2.11. The third-order valence-corrected chi connectivity index (χ3v) is 4.89. The lowest BCUT2D eigenvalue weighted by Crippen LogP contribution is -2.31. The maximum Gasteiger partial charge on any atom is 0.138 e. The lowest BCUT2D eigenvalue weighted by molar-refractivity contribution is 0.310. The van der Waals surface area contributed by atoms with E-state index >= 15 is 0 Å². The molecule has 2 saturated carbocycles. The molecule has 2 aliphatic rings. The Morgan fingerprint density at radius 1 is 1.30 bits per heavy atom. The molecule has 20 heavy (non-hydrogen) atoms. The normalized spacial score (nSPS) is 21.4. The Morgan fingerprint density at radius 3 is 2.80 bits per heavy atom. The third-order valence-electron chi connectivity index (χ3n) is 4.89. The Labute approximate surface area is 122 Å². The predicted molar refractivity (Wildman–Crippen MR) is 80.5 cm³/mol. The third kappa shape index (κ3) is 3.60. The first-order chi connectivity index (χ1) is 9.86. The molecular formula is C16H28N4. The van der Waals surface area contributed by atoms with Gasteiger partial charge in [0.15, 0.2) is 0 Å². The quantitative estimate of drug-likeness (QED) is 0.794. The van der Waals surface area contributed by atoms with Crippen LogP contribution in [0.25, 0.3) is 0 Å². The van der Waals surface area contributed by atoms with Crippen molar-refractivity contribution in [1.82, 2.24) is 20.1 Å². The van der Waals surface area contributed by atoms with Gasteiger partial charge in [-0.25, -0.2) is 4.98 Å². The summed E-state index contributed by atoms with van der Waals surface area (Å²) >= 11 is 0. The minimum absolute atomic E-state index is 0.748. The average Bonchev–Trinajstić information content (AvgIpc) is 2.94. The van der Waals surface area contributed by atoms with E-state index in [9.17, 15) is 0 Å².